The number of pyridine rings is 1. The summed E-state index contributed by atoms with van der Waals surface area (Å²) < 4.78 is 38.2. The van der Waals surface area contributed by atoms with Gasteiger partial charge in [-0.05, 0) is 25.1 Å². The summed E-state index contributed by atoms with van der Waals surface area (Å²) in [7, 11) is 0. The molecule has 0 bridgehead atoms. The Kier molecular flexibility index (Phi) is 2.92. The van der Waals surface area contributed by atoms with Crippen molar-refractivity contribution in [2.24, 2.45) is 0 Å². The molecule has 1 unspecified atom stereocenters. The second kappa shape index (κ2) is 4.24. The van der Waals surface area contributed by atoms with Gasteiger partial charge in [0.05, 0.1) is 17.3 Å². The maximum absolute atomic E-state index is 12.7. The zero-order valence-electron chi connectivity index (χ0n) is 9.12. The lowest BCUT2D eigenvalue weighted by Crippen LogP contribution is -2.33. The van der Waals surface area contributed by atoms with E-state index in [0.29, 0.717) is 11.3 Å². The first-order chi connectivity index (χ1) is 7.98. The van der Waals surface area contributed by atoms with Crippen molar-refractivity contribution in [1.82, 2.24) is 10.3 Å². The molecule has 1 atom stereocenters. The Morgan fingerprint density at radius 2 is 2.06 bits per heavy atom. The van der Waals surface area contributed by atoms with E-state index in [-0.39, 0.29) is 0 Å². The molecule has 0 fully saturated rings. The predicted octanol–water partition coefficient (Wildman–Crippen LogP) is 2.90. The second-order valence-electron chi connectivity index (χ2n) is 3.80. The lowest BCUT2D eigenvalue weighted by Gasteiger charge is -2.23. The molecule has 0 aliphatic carbocycles. The minimum atomic E-state index is -4.32. The Morgan fingerprint density at radius 1 is 1.29 bits per heavy atom. The standard InChI is InChI=1S/C12H11F3N2/c1-8-10(12(13,14)15)6-9(7-17-8)11-4-2-3-5-16-11/h2-8,17H,1H3. The highest BCUT2D eigenvalue weighted by molar-refractivity contribution is 5.73. The molecule has 2 heterocycles. The third kappa shape index (κ3) is 2.49. The summed E-state index contributed by atoms with van der Waals surface area (Å²) in [5.74, 6) is 0. The van der Waals surface area contributed by atoms with Gasteiger partial charge < -0.3 is 5.32 Å². The van der Waals surface area contributed by atoms with Gasteiger partial charge in [0.1, 0.15) is 0 Å². The van der Waals surface area contributed by atoms with Gasteiger partial charge in [-0.15, -0.1) is 0 Å². The molecule has 1 N–H and O–H groups in total. The van der Waals surface area contributed by atoms with Crippen LogP contribution >= 0.6 is 0 Å². The summed E-state index contributed by atoms with van der Waals surface area (Å²) in [6, 6.07) is 4.40. The van der Waals surface area contributed by atoms with E-state index in [1.54, 1.807) is 30.6 Å². The number of halogens is 3. The zero-order chi connectivity index (χ0) is 12.5. The fourth-order valence-corrected chi connectivity index (χ4v) is 1.65. The number of nitrogens with zero attached hydrogens (tertiary/aromatic N) is 1. The second-order valence-corrected chi connectivity index (χ2v) is 3.80. The van der Waals surface area contributed by atoms with Gasteiger partial charge in [0.2, 0.25) is 0 Å². The summed E-state index contributed by atoms with van der Waals surface area (Å²) in [6.45, 7) is 1.48. The highest BCUT2D eigenvalue weighted by Crippen LogP contribution is 2.32. The van der Waals surface area contributed by atoms with Crippen LogP contribution < -0.4 is 5.32 Å². The summed E-state index contributed by atoms with van der Waals surface area (Å²) >= 11 is 0. The summed E-state index contributed by atoms with van der Waals surface area (Å²) in [6.07, 6.45) is -0.0677. The Balaban J connectivity index is 2.37. The zero-order valence-corrected chi connectivity index (χ0v) is 9.12. The number of hydrogen-bond donors (Lipinski definition) is 1. The molecule has 1 aromatic rings. The molecule has 1 aliphatic rings. The topological polar surface area (TPSA) is 24.9 Å². The van der Waals surface area contributed by atoms with Gasteiger partial charge in [-0.3, -0.25) is 4.98 Å². The number of nitrogens with one attached hydrogen (secondary N) is 1. The van der Waals surface area contributed by atoms with Crippen LogP contribution in [0.2, 0.25) is 0 Å². The smallest absolute Gasteiger partial charge is 0.384 e. The van der Waals surface area contributed by atoms with Gasteiger partial charge in [0.15, 0.2) is 0 Å². The number of allylic oxidation sites excluding steroid dienone is 2. The third-order valence-electron chi connectivity index (χ3n) is 2.55. The lowest BCUT2D eigenvalue weighted by atomic mass is 10.00. The molecular weight excluding hydrogens is 229 g/mol. The van der Waals surface area contributed by atoms with E-state index in [2.05, 4.69) is 10.3 Å². The molecule has 0 saturated heterocycles. The molecular formula is C12H11F3N2. The predicted molar refractivity (Wildman–Crippen MR) is 58.9 cm³/mol. The SMILES string of the molecule is CC1NC=C(c2ccccn2)C=C1C(F)(F)F. The van der Waals surface area contributed by atoms with Crippen molar-refractivity contribution in [3.8, 4) is 0 Å². The minimum absolute atomic E-state index is 0.441. The van der Waals surface area contributed by atoms with Gasteiger partial charge in [-0.2, -0.15) is 13.2 Å². The first-order valence-corrected chi connectivity index (χ1v) is 5.15. The fourth-order valence-electron chi connectivity index (χ4n) is 1.65. The average molecular weight is 240 g/mol. The van der Waals surface area contributed by atoms with Crippen molar-refractivity contribution in [3.05, 3.63) is 47.9 Å². The van der Waals surface area contributed by atoms with Crippen LogP contribution in [0.4, 0.5) is 13.2 Å². The largest absolute Gasteiger partial charge is 0.414 e. The molecule has 17 heavy (non-hydrogen) atoms. The van der Waals surface area contributed by atoms with Gasteiger partial charge in [-0.25, -0.2) is 0 Å². The van der Waals surface area contributed by atoms with Crippen molar-refractivity contribution in [3.63, 3.8) is 0 Å². The number of aromatic nitrogens is 1. The summed E-state index contributed by atoms with van der Waals surface area (Å²) in [4.78, 5) is 4.02. The Bertz CT molecular complexity index is 460. The van der Waals surface area contributed by atoms with Crippen LogP contribution in [-0.4, -0.2) is 17.2 Å². The van der Waals surface area contributed by atoms with E-state index < -0.39 is 17.8 Å². The molecule has 0 radical (unpaired) electrons. The van der Waals surface area contributed by atoms with Crippen molar-refractivity contribution < 1.29 is 13.2 Å². The van der Waals surface area contributed by atoms with Crippen LogP contribution in [0.3, 0.4) is 0 Å². The first-order valence-electron chi connectivity index (χ1n) is 5.15. The Labute approximate surface area is 96.9 Å². The third-order valence-corrected chi connectivity index (χ3v) is 2.55. The van der Waals surface area contributed by atoms with Gasteiger partial charge >= 0.3 is 6.18 Å². The molecule has 1 aromatic heterocycles. The van der Waals surface area contributed by atoms with Crippen molar-refractivity contribution in [2.45, 2.75) is 19.1 Å². The Morgan fingerprint density at radius 3 is 2.65 bits per heavy atom. The number of rotatable bonds is 1. The van der Waals surface area contributed by atoms with Gasteiger partial charge in [-0.1, -0.05) is 6.07 Å². The lowest BCUT2D eigenvalue weighted by molar-refractivity contribution is -0.0958. The van der Waals surface area contributed by atoms with Crippen molar-refractivity contribution >= 4 is 5.57 Å². The van der Waals surface area contributed by atoms with Crippen molar-refractivity contribution in [2.75, 3.05) is 0 Å². The molecule has 0 aromatic carbocycles. The molecule has 90 valence electrons. The van der Waals surface area contributed by atoms with Crippen LogP contribution in [0.5, 0.6) is 0 Å². The maximum atomic E-state index is 12.7. The van der Waals surface area contributed by atoms with E-state index >= 15 is 0 Å². The van der Waals surface area contributed by atoms with Crippen LogP contribution in [0, 0.1) is 0 Å². The minimum Gasteiger partial charge on any atom is -0.384 e. The van der Waals surface area contributed by atoms with Crippen LogP contribution in [0.25, 0.3) is 5.57 Å². The Hall–Kier alpha value is -1.78. The molecule has 2 nitrogen and oxygen atoms in total. The molecule has 1 aliphatic heterocycles. The van der Waals surface area contributed by atoms with Gasteiger partial charge in [0.25, 0.3) is 0 Å². The first kappa shape index (κ1) is 11.7. The van der Waals surface area contributed by atoms with E-state index in [4.69, 9.17) is 0 Å². The summed E-state index contributed by atoms with van der Waals surface area (Å²) in [5.41, 5.74) is 0.380. The number of hydrogen-bond acceptors (Lipinski definition) is 2. The van der Waals surface area contributed by atoms with Crippen LogP contribution in [0.15, 0.2) is 42.2 Å². The molecule has 0 spiro atoms. The quantitative estimate of drug-likeness (QED) is 0.816. The van der Waals surface area contributed by atoms with Crippen LogP contribution in [-0.2, 0) is 0 Å². The monoisotopic (exact) mass is 240 g/mol. The summed E-state index contributed by atoms with van der Waals surface area (Å²) in [5, 5.41) is 2.70. The molecule has 0 saturated carbocycles. The van der Waals surface area contributed by atoms with Crippen LogP contribution in [0.1, 0.15) is 12.6 Å². The molecule has 0 amide bonds. The maximum Gasteiger partial charge on any atom is 0.414 e. The van der Waals surface area contributed by atoms with E-state index in [9.17, 15) is 13.2 Å². The highest BCUT2D eigenvalue weighted by atomic mass is 19.4. The highest BCUT2D eigenvalue weighted by Gasteiger charge is 2.38. The van der Waals surface area contributed by atoms with E-state index in [1.807, 2.05) is 0 Å². The number of dihydropyridines is 1. The molecule has 2 rings (SSSR count). The molecule has 5 heteroatoms. The van der Waals surface area contributed by atoms with Crippen molar-refractivity contribution in [1.29, 1.82) is 0 Å². The number of alkyl halides is 3. The fraction of sp³-hybridized carbons (Fsp3) is 0.250. The normalized spacial score (nSPS) is 20.4. The average Bonchev–Trinajstić information content (AvgIpc) is 2.29. The van der Waals surface area contributed by atoms with E-state index in [0.717, 1.165) is 6.08 Å². The van der Waals surface area contributed by atoms with E-state index in [1.165, 1.54) is 6.92 Å². The van der Waals surface area contributed by atoms with Gasteiger partial charge in [0, 0.05) is 18.0 Å².